The van der Waals surface area contributed by atoms with Gasteiger partial charge in [-0.25, -0.2) is 13.4 Å². The molecular weight excluding hydrogens is 240 g/mol. The van der Waals surface area contributed by atoms with Gasteiger partial charge in [-0.15, -0.1) is 11.3 Å². The molecular formula is C7H10N2O4S2. The van der Waals surface area contributed by atoms with E-state index in [1.54, 1.807) is 5.38 Å². The first-order valence-electron chi connectivity index (χ1n) is 3.90. The summed E-state index contributed by atoms with van der Waals surface area (Å²) < 4.78 is 28.4. The molecule has 0 amide bonds. The Morgan fingerprint density at radius 1 is 1.67 bits per heavy atom. The molecule has 0 aromatic carbocycles. The maximum Gasteiger partial charge on any atom is 0.311 e. The highest BCUT2D eigenvalue weighted by molar-refractivity contribution is 7.92. The molecule has 1 aromatic heterocycles. The molecule has 84 valence electrons. The first-order chi connectivity index (χ1) is 6.90. The second-order valence-corrected chi connectivity index (χ2v) is 5.38. The fourth-order valence-electron chi connectivity index (χ4n) is 0.814. The van der Waals surface area contributed by atoms with Crippen molar-refractivity contribution < 1.29 is 17.9 Å². The van der Waals surface area contributed by atoms with Crippen molar-refractivity contribution in [3.05, 3.63) is 11.1 Å². The number of esters is 1. The molecule has 0 fully saturated rings. The Kier molecular flexibility index (Phi) is 3.64. The lowest BCUT2D eigenvalue weighted by Gasteiger charge is -1.97. The van der Waals surface area contributed by atoms with Gasteiger partial charge in [0.15, 0.2) is 5.13 Å². The minimum atomic E-state index is -3.32. The maximum atomic E-state index is 10.9. The summed E-state index contributed by atoms with van der Waals surface area (Å²) in [4.78, 5) is 14.8. The molecule has 0 aliphatic heterocycles. The number of anilines is 1. The molecule has 0 saturated carbocycles. The summed E-state index contributed by atoms with van der Waals surface area (Å²) in [6.45, 7) is 0. The lowest BCUT2D eigenvalue weighted by atomic mass is 10.3. The van der Waals surface area contributed by atoms with Crippen LogP contribution in [-0.2, 0) is 26.0 Å². The van der Waals surface area contributed by atoms with Gasteiger partial charge in [0.2, 0.25) is 10.0 Å². The lowest BCUT2D eigenvalue weighted by molar-refractivity contribution is -0.139. The zero-order chi connectivity index (χ0) is 11.5. The zero-order valence-corrected chi connectivity index (χ0v) is 9.81. The predicted molar refractivity (Wildman–Crippen MR) is 56.3 cm³/mol. The van der Waals surface area contributed by atoms with Crippen molar-refractivity contribution in [1.82, 2.24) is 4.98 Å². The van der Waals surface area contributed by atoms with Gasteiger partial charge >= 0.3 is 5.97 Å². The third-order valence-electron chi connectivity index (χ3n) is 1.38. The van der Waals surface area contributed by atoms with Gasteiger partial charge < -0.3 is 4.74 Å². The van der Waals surface area contributed by atoms with Crippen molar-refractivity contribution in [1.29, 1.82) is 0 Å². The van der Waals surface area contributed by atoms with E-state index in [0.29, 0.717) is 5.69 Å². The Balaban J connectivity index is 2.69. The molecule has 0 aliphatic carbocycles. The van der Waals surface area contributed by atoms with Crippen LogP contribution in [0.2, 0.25) is 0 Å². The molecule has 1 aromatic rings. The van der Waals surface area contributed by atoms with Gasteiger partial charge in [-0.1, -0.05) is 0 Å². The van der Waals surface area contributed by atoms with Gasteiger partial charge in [0.1, 0.15) is 0 Å². The van der Waals surface area contributed by atoms with E-state index in [1.807, 2.05) is 0 Å². The molecule has 1 heterocycles. The summed E-state index contributed by atoms with van der Waals surface area (Å²) in [7, 11) is -2.03. The first-order valence-corrected chi connectivity index (χ1v) is 6.67. The maximum absolute atomic E-state index is 10.9. The summed E-state index contributed by atoms with van der Waals surface area (Å²) in [6.07, 6.45) is 1.08. The highest BCUT2D eigenvalue weighted by atomic mass is 32.2. The van der Waals surface area contributed by atoms with Gasteiger partial charge in [-0.3, -0.25) is 9.52 Å². The fraction of sp³-hybridized carbons (Fsp3) is 0.429. The summed E-state index contributed by atoms with van der Waals surface area (Å²) in [5.74, 6) is -0.411. The molecule has 0 spiro atoms. The third-order valence-corrected chi connectivity index (χ3v) is 2.88. The molecule has 8 heteroatoms. The van der Waals surface area contributed by atoms with Gasteiger partial charge in [0, 0.05) is 5.38 Å². The van der Waals surface area contributed by atoms with Crippen LogP contribution in [0.25, 0.3) is 0 Å². The number of carbonyl (C=O) groups is 1. The van der Waals surface area contributed by atoms with E-state index in [2.05, 4.69) is 14.4 Å². The van der Waals surface area contributed by atoms with Gasteiger partial charge in [0.25, 0.3) is 0 Å². The van der Waals surface area contributed by atoms with Crippen molar-refractivity contribution in [2.45, 2.75) is 6.42 Å². The standard InChI is InChI=1S/C7H10N2O4S2/c1-13-6(10)3-5-4-14-7(8-5)9-15(2,11)12/h4H,3H2,1-2H3,(H,8,9). The second kappa shape index (κ2) is 4.58. The van der Waals surface area contributed by atoms with E-state index in [-0.39, 0.29) is 11.6 Å². The van der Waals surface area contributed by atoms with Crippen molar-refractivity contribution in [2.75, 3.05) is 18.1 Å². The van der Waals surface area contributed by atoms with Crippen LogP contribution in [0.5, 0.6) is 0 Å². The van der Waals surface area contributed by atoms with E-state index in [1.165, 1.54) is 7.11 Å². The van der Waals surface area contributed by atoms with Gasteiger partial charge in [-0.05, 0) is 0 Å². The summed E-state index contributed by atoms with van der Waals surface area (Å²) in [5.41, 5.74) is 0.484. The molecule has 1 N–H and O–H groups in total. The lowest BCUT2D eigenvalue weighted by Crippen LogP contribution is -2.09. The molecule has 0 bridgehead atoms. The van der Waals surface area contributed by atoms with Crippen LogP contribution in [0, 0.1) is 0 Å². The molecule has 6 nitrogen and oxygen atoms in total. The molecule has 15 heavy (non-hydrogen) atoms. The Bertz CT molecular complexity index is 451. The van der Waals surface area contributed by atoms with Crippen molar-refractivity contribution in [2.24, 2.45) is 0 Å². The van der Waals surface area contributed by atoms with Crippen LogP contribution in [0.4, 0.5) is 5.13 Å². The Hall–Kier alpha value is -1.15. The number of thiazole rings is 1. The van der Waals surface area contributed by atoms with E-state index in [9.17, 15) is 13.2 Å². The number of ether oxygens (including phenoxy) is 1. The topological polar surface area (TPSA) is 85.4 Å². The molecule has 0 atom stereocenters. The number of carbonyl (C=O) groups excluding carboxylic acids is 1. The molecule has 0 saturated heterocycles. The van der Waals surface area contributed by atoms with Crippen molar-refractivity contribution in [3.63, 3.8) is 0 Å². The number of sulfonamides is 1. The van der Waals surface area contributed by atoms with Crippen LogP contribution < -0.4 is 4.72 Å². The number of aromatic nitrogens is 1. The number of hydrogen-bond acceptors (Lipinski definition) is 6. The summed E-state index contributed by atoms with van der Waals surface area (Å²) >= 11 is 1.12. The van der Waals surface area contributed by atoms with E-state index < -0.39 is 16.0 Å². The average molecular weight is 250 g/mol. The SMILES string of the molecule is COC(=O)Cc1csc(NS(C)(=O)=O)n1. The fourth-order valence-corrected chi connectivity index (χ4v) is 2.38. The number of nitrogens with one attached hydrogen (secondary N) is 1. The Labute approximate surface area is 91.3 Å². The van der Waals surface area contributed by atoms with Crippen LogP contribution in [0.15, 0.2) is 5.38 Å². The highest BCUT2D eigenvalue weighted by Gasteiger charge is 2.09. The minimum Gasteiger partial charge on any atom is -0.469 e. The molecule has 0 aliphatic rings. The van der Waals surface area contributed by atoms with Crippen LogP contribution in [0.3, 0.4) is 0 Å². The Morgan fingerprint density at radius 2 is 2.33 bits per heavy atom. The normalized spacial score (nSPS) is 11.1. The Morgan fingerprint density at radius 3 is 2.87 bits per heavy atom. The van der Waals surface area contributed by atoms with Crippen molar-refractivity contribution in [3.8, 4) is 0 Å². The van der Waals surface area contributed by atoms with Crippen LogP contribution in [-0.4, -0.2) is 32.7 Å². The first kappa shape index (κ1) is 11.9. The highest BCUT2D eigenvalue weighted by Crippen LogP contribution is 2.16. The zero-order valence-electron chi connectivity index (χ0n) is 8.18. The van der Waals surface area contributed by atoms with Crippen LogP contribution in [0.1, 0.15) is 5.69 Å². The molecule has 0 radical (unpaired) electrons. The van der Waals surface area contributed by atoms with Gasteiger partial charge in [-0.2, -0.15) is 0 Å². The van der Waals surface area contributed by atoms with Crippen LogP contribution >= 0.6 is 11.3 Å². The molecule has 0 unspecified atom stereocenters. The summed E-state index contributed by atoms with van der Waals surface area (Å²) in [6, 6.07) is 0. The van der Waals surface area contributed by atoms with Crippen molar-refractivity contribution >= 4 is 32.5 Å². The number of hydrogen-bond donors (Lipinski definition) is 1. The monoisotopic (exact) mass is 250 g/mol. The number of nitrogens with zero attached hydrogens (tertiary/aromatic N) is 1. The second-order valence-electron chi connectivity index (χ2n) is 2.77. The smallest absolute Gasteiger partial charge is 0.311 e. The minimum absolute atomic E-state index is 0.0401. The average Bonchev–Trinajstić information content (AvgIpc) is 2.49. The quantitative estimate of drug-likeness (QED) is 0.773. The van der Waals surface area contributed by atoms with E-state index in [0.717, 1.165) is 17.6 Å². The third kappa shape index (κ3) is 4.26. The van der Waals surface area contributed by atoms with E-state index >= 15 is 0 Å². The van der Waals surface area contributed by atoms with E-state index in [4.69, 9.17) is 0 Å². The number of rotatable bonds is 4. The summed E-state index contributed by atoms with van der Waals surface area (Å²) in [5, 5.41) is 1.85. The largest absolute Gasteiger partial charge is 0.469 e. The van der Waals surface area contributed by atoms with Gasteiger partial charge in [0.05, 0.1) is 25.5 Å². The molecule has 1 rings (SSSR count). The number of methoxy groups -OCH3 is 1. The predicted octanol–water partition coefficient (Wildman–Crippen LogP) is 0.230.